The van der Waals surface area contributed by atoms with Gasteiger partial charge in [-0.25, -0.2) is 0 Å². The summed E-state index contributed by atoms with van der Waals surface area (Å²) in [5.41, 5.74) is 0.668. The third kappa shape index (κ3) is 4.41. The molecule has 2 aromatic heterocycles. The van der Waals surface area contributed by atoms with Crippen LogP contribution in [-0.4, -0.2) is 52.4 Å². The molecule has 0 spiro atoms. The second-order valence-electron chi connectivity index (χ2n) is 7.98. The van der Waals surface area contributed by atoms with Crippen molar-refractivity contribution >= 4 is 5.91 Å². The SMILES string of the molecule is Cc1ccc(-c2cc(C(=O)N3CCCC(CO)(CCOc4ccccc4)C3)n[nH]2)o1. The Bertz CT molecular complexity index is 981. The molecule has 0 radical (unpaired) electrons. The zero-order valence-corrected chi connectivity index (χ0v) is 17.1. The van der Waals surface area contributed by atoms with Gasteiger partial charge in [0.05, 0.1) is 13.2 Å². The molecule has 2 N–H and O–H groups in total. The Morgan fingerprint density at radius 3 is 2.87 bits per heavy atom. The number of piperidine rings is 1. The molecule has 0 saturated carbocycles. The average molecular weight is 409 g/mol. The highest BCUT2D eigenvalue weighted by molar-refractivity contribution is 5.93. The first-order valence-corrected chi connectivity index (χ1v) is 10.3. The van der Waals surface area contributed by atoms with E-state index in [1.165, 1.54) is 0 Å². The number of rotatable bonds is 7. The summed E-state index contributed by atoms with van der Waals surface area (Å²) in [7, 11) is 0. The van der Waals surface area contributed by atoms with Crippen LogP contribution in [-0.2, 0) is 0 Å². The number of aliphatic hydroxyl groups is 1. The number of carbonyl (C=O) groups is 1. The summed E-state index contributed by atoms with van der Waals surface area (Å²) in [5.74, 6) is 2.13. The maximum atomic E-state index is 13.0. The lowest BCUT2D eigenvalue weighted by Gasteiger charge is -2.41. The van der Waals surface area contributed by atoms with E-state index in [2.05, 4.69) is 10.2 Å². The van der Waals surface area contributed by atoms with Crippen molar-refractivity contribution in [3.8, 4) is 17.2 Å². The minimum Gasteiger partial charge on any atom is -0.494 e. The zero-order valence-electron chi connectivity index (χ0n) is 17.1. The van der Waals surface area contributed by atoms with Crippen LogP contribution in [0.3, 0.4) is 0 Å². The molecule has 1 amide bonds. The molecule has 0 bridgehead atoms. The number of hydrogen-bond acceptors (Lipinski definition) is 5. The van der Waals surface area contributed by atoms with Crippen LogP contribution >= 0.6 is 0 Å². The Balaban J connectivity index is 1.40. The van der Waals surface area contributed by atoms with Gasteiger partial charge in [-0.1, -0.05) is 18.2 Å². The van der Waals surface area contributed by atoms with Gasteiger partial charge in [-0.3, -0.25) is 9.89 Å². The maximum Gasteiger partial charge on any atom is 0.274 e. The minimum absolute atomic E-state index is 0.0203. The molecule has 158 valence electrons. The first kappa shape index (κ1) is 20.2. The molecule has 7 nitrogen and oxygen atoms in total. The highest BCUT2D eigenvalue weighted by Crippen LogP contribution is 2.34. The minimum atomic E-state index is -0.361. The van der Waals surface area contributed by atoms with Crippen molar-refractivity contribution in [2.24, 2.45) is 5.41 Å². The fourth-order valence-corrected chi connectivity index (χ4v) is 3.99. The Labute approximate surface area is 175 Å². The van der Waals surface area contributed by atoms with E-state index in [1.807, 2.05) is 49.4 Å². The molecular weight excluding hydrogens is 382 g/mol. The highest BCUT2D eigenvalue weighted by atomic mass is 16.5. The van der Waals surface area contributed by atoms with Crippen molar-refractivity contribution in [2.75, 3.05) is 26.3 Å². The summed E-state index contributed by atoms with van der Waals surface area (Å²) in [4.78, 5) is 14.8. The second kappa shape index (κ2) is 8.75. The van der Waals surface area contributed by atoms with Crippen LogP contribution in [0.1, 0.15) is 35.5 Å². The molecule has 0 aliphatic carbocycles. The number of aliphatic hydroxyl groups excluding tert-OH is 1. The molecule has 4 rings (SSSR count). The number of H-pyrrole nitrogens is 1. The van der Waals surface area contributed by atoms with E-state index >= 15 is 0 Å². The first-order valence-electron chi connectivity index (χ1n) is 10.3. The Morgan fingerprint density at radius 2 is 2.13 bits per heavy atom. The Morgan fingerprint density at radius 1 is 1.30 bits per heavy atom. The summed E-state index contributed by atoms with van der Waals surface area (Å²) in [5, 5.41) is 17.2. The van der Waals surface area contributed by atoms with Gasteiger partial charge in [0.1, 0.15) is 17.2 Å². The van der Waals surface area contributed by atoms with Crippen LogP contribution in [0.15, 0.2) is 52.9 Å². The standard InChI is InChI=1S/C23H27N3O4/c1-17-8-9-21(30-17)19-14-20(25-24-19)22(28)26-12-5-10-23(15-26,16-27)11-13-29-18-6-3-2-4-7-18/h2-4,6-9,14,27H,5,10-13,15-16H2,1H3,(H,24,25). The fourth-order valence-electron chi connectivity index (χ4n) is 3.99. The number of benzene rings is 1. The summed E-state index contributed by atoms with van der Waals surface area (Å²) in [6.07, 6.45) is 2.38. The predicted molar refractivity (Wildman–Crippen MR) is 112 cm³/mol. The number of furan rings is 1. The Kier molecular flexibility index (Phi) is 5.90. The van der Waals surface area contributed by atoms with Crippen molar-refractivity contribution < 1.29 is 19.1 Å². The molecule has 7 heteroatoms. The van der Waals surface area contributed by atoms with Crippen molar-refractivity contribution in [1.29, 1.82) is 0 Å². The fraction of sp³-hybridized carbons (Fsp3) is 0.391. The summed E-state index contributed by atoms with van der Waals surface area (Å²) in [6.45, 7) is 3.53. The van der Waals surface area contributed by atoms with Gasteiger partial charge in [0, 0.05) is 24.6 Å². The van der Waals surface area contributed by atoms with E-state index in [0.29, 0.717) is 43.3 Å². The van der Waals surface area contributed by atoms with Crippen molar-refractivity contribution in [1.82, 2.24) is 15.1 Å². The van der Waals surface area contributed by atoms with E-state index in [1.54, 1.807) is 11.0 Å². The number of hydrogen-bond donors (Lipinski definition) is 2. The monoisotopic (exact) mass is 409 g/mol. The number of aromatic amines is 1. The largest absolute Gasteiger partial charge is 0.494 e. The maximum absolute atomic E-state index is 13.0. The zero-order chi connectivity index (χ0) is 21.0. The van der Waals surface area contributed by atoms with E-state index in [0.717, 1.165) is 24.4 Å². The smallest absolute Gasteiger partial charge is 0.274 e. The number of aryl methyl sites for hydroxylation is 1. The average Bonchev–Trinajstić information content (AvgIpc) is 3.43. The lowest BCUT2D eigenvalue weighted by Crippen LogP contribution is -2.48. The molecule has 1 aromatic carbocycles. The van der Waals surface area contributed by atoms with Crippen LogP contribution in [0.25, 0.3) is 11.5 Å². The van der Waals surface area contributed by atoms with E-state index in [4.69, 9.17) is 9.15 Å². The molecule has 30 heavy (non-hydrogen) atoms. The molecule has 1 aliphatic rings. The molecule has 1 saturated heterocycles. The van der Waals surface area contributed by atoms with Crippen LogP contribution in [0.4, 0.5) is 0 Å². The molecular formula is C23H27N3O4. The van der Waals surface area contributed by atoms with Crippen LogP contribution in [0, 0.1) is 12.3 Å². The first-order chi connectivity index (χ1) is 14.6. The van der Waals surface area contributed by atoms with Gasteiger partial charge in [-0.2, -0.15) is 5.10 Å². The van der Waals surface area contributed by atoms with Crippen molar-refractivity contribution in [3.63, 3.8) is 0 Å². The third-order valence-corrected chi connectivity index (χ3v) is 5.73. The number of likely N-dealkylation sites (tertiary alicyclic amines) is 1. The van der Waals surface area contributed by atoms with Gasteiger partial charge in [0.15, 0.2) is 11.5 Å². The van der Waals surface area contributed by atoms with Crippen molar-refractivity contribution in [2.45, 2.75) is 26.2 Å². The van der Waals surface area contributed by atoms with Gasteiger partial charge in [0.2, 0.25) is 0 Å². The van der Waals surface area contributed by atoms with Crippen LogP contribution < -0.4 is 4.74 Å². The van der Waals surface area contributed by atoms with Crippen LogP contribution in [0.2, 0.25) is 0 Å². The number of amides is 1. The summed E-state index contributed by atoms with van der Waals surface area (Å²) in [6, 6.07) is 15.1. The second-order valence-corrected chi connectivity index (χ2v) is 7.98. The van der Waals surface area contributed by atoms with Gasteiger partial charge in [-0.15, -0.1) is 0 Å². The van der Waals surface area contributed by atoms with E-state index in [9.17, 15) is 9.90 Å². The quantitative estimate of drug-likeness (QED) is 0.621. The number of para-hydroxylation sites is 1. The van der Waals surface area contributed by atoms with E-state index < -0.39 is 0 Å². The lowest BCUT2D eigenvalue weighted by molar-refractivity contribution is 0.0153. The lowest BCUT2D eigenvalue weighted by atomic mass is 9.78. The highest BCUT2D eigenvalue weighted by Gasteiger charge is 2.37. The number of nitrogens with zero attached hydrogens (tertiary/aromatic N) is 2. The number of carbonyl (C=O) groups excluding carboxylic acids is 1. The number of ether oxygens (including phenoxy) is 1. The summed E-state index contributed by atoms with van der Waals surface area (Å²) < 4.78 is 11.4. The molecule has 1 unspecified atom stereocenters. The number of nitrogens with one attached hydrogen (secondary N) is 1. The normalized spacial score (nSPS) is 19.1. The number of aromatic nitrogens is 2. The van der Waals surface area contributed by atoms with Gasteiger partial charge in [-0.05, 0) is 50.5 Å². The molecule has 1 fully saturated rings. The Hall–Kier alpha value is -3.06. The molecule has 1 aliphatic heterocycles. The molecule has 3 aromatic rings. The summed E-state index contributed by atoms with van der Waals surface area (Å²) >= 11 is 0. The van der Waals surface area contributed by atoms with Crippen LogP contribution in [0.5, 0.6) is 5.75 Å². The molecule has 3 heterocycles. The third-order valence-electron chi connectivity index (χ3n) is 5.73. The van der Waals surface area contributed by atoms with E-state index in [-0.39, 0.29) is 17.9 Å². The van der Waals surface area contributed by atoms with Gasteiger partial charge < -0.3 is 19.2 Å². The molecule has 1 atom stereocenters. The predicted octanol–water partition coefficient (Wildman–Crippen LogP) is 3.66. The topological polar surface area (TPSA) is 91.6 Å². The van der Waals surface area contributed by atoms with Gasteiger partial charge in [0.25, 0.3) is 5.91 Å². The van der Waals surface area contributed by atoms with Gasteiger partial charge >= 0.3 is 0 Å². The van der Waals surface area contributed by atoms with Crippen molar-refractivity contribution in [3.05, 3.63) is 60.0 Å².